The van der Waals surface area contributed by atoms with Crippen molar-refractivity contribution in [3.63, 3.8) is 0 Å². The highest BCUT2D eigenvalue weighted by atomic mass is 19.4. The van der Waals surface area contributed by atoms with Gasteiger partial charge in [0.1, 0.15) is 11.6 Å². The Morgan fingerprint density at radius 2 is 1.74 bits per heavy atom. The molecule has 1 aromatic heterocycles. The summed E-state index contributed by atoms with van der Waals surface area (Å²) in [5.41, 5.74) is 1.29. The Balaban J connectivity index is 1.52. The van der Waals surface area contributed by atoms with E-state index in [1.54, 1.807) is 26.8 Å². The molecule has 0 saturated carbocycles. The molecule has 6 nitrogen and oxygen atoms in total. The number of hydrogen-bond donors (Lipinski definition) is 0. The molecule has 38 heavy (non-hydrogen) atoms. The summed E-state index contributed by atoms with van der Waals surface area (Å²) in [4.78, 5) is 18.5. The van der Waals surface area contributed by atoms with Gasteiger partial charge in [-0.25, -0.2) is 4.79 Å². The van der Waals surface area contributed by atoms with Crippen molar-refractivity contribution in [1.29, 1.82) is 0 Å². The number of halogens is 3. The normalized spacial score (nSPS) is 16.2. The number of nitrogens with zero attached hydrogens (tertiary/aromatic N) is 3. The summed E-state index contributed by atoms with van der Waals surface area (Å²) in [6, 6.07) is 11.7. The first-order valence-corrected chi connectivity index (χ1v) is 13.1. The van der Waals surface area contributed by atoms with Gasteiger partial charge in [-0.15, -0.1) is 0 Å². The van der Waals surface area contributed by atoms with E-state index < -0.39 is 29.5 Å². The van der Waals surface area contributed by atoms with Gasteiger partial charge in [-0.1, -0.05) is 54.9 Å². The van der Waals surface area contributed by atoms with E-state index in [-0.39, 0.29) is 29.3 Å². The molecule has 1 aliphatic heterocycles. The Morgan fingerprint density at radius 3 is 2.37 bits per heavy atom. The molecule has 0 radical (unpaired) electrons. The maximum Gasteiger partial charge on any atom is 0.416 e. The number of amides is 1. The quantitative estimate of drug-likeness (QED) is 0.316. The third kappa shape index (κ3) is 6.74. The maximum atomic E-state index is 14.0. The van der Waals surface area contributed by atoms with E-state index in [0.717, 1.165) is 30.9 Å². The van der Waals surface area contributed by atoms with Gasteiger partial charge < -0.3 is 9.26 Å². The number of ether oxygens (including phenoxy) is 1. The predicted octanol–water partition coefficient (Wildman–Crippen LogP) is 7.57. The van der Waals surface area contributed by atoms with Crippen LogP contribution in [-0.2, 0) is 30.2 Å². The Labute approximate surface area is 221 Å². The standard InChI is InChI=1S/C29H34F3N3O3/c1-5-7-19-9-11-20(12-10-19)13-14-21-15-16-22(18-23(21)29(30,31)32)25-33-26(38-34-25)24-8-6-17-35(24)27(36)37-28(2,3)4/h9-12,15-16,18,24H,5-8,13-14,17H2,1-4H3/t24-/m0/s1. The van der Waals surface area contributed by atoms with E-state index >= 15 is 0 Å². The number of aryl methyl sites for hydroxylation is 3. The molecular weight excluding hydrogens is 495 g/mol. The fraction of sp³-hybridized carbons (Fsp3) is 0.483. The monoisotopic (exact) mass is 529 g/mol. The van der Waals surface area contributed by atoms with Gasteiger partial charge >= 0.3 is 12.3 Å². The number of carbonyl (C=O) groups excluding carboxylic acids is 1. The summed E-state index contributed by atoms with van der Waals surface area (Å²) in [5, 5.41) is 3.94. The first kappa shape index (κ1) is 27.7. The zero-order valence-corrected chi connectivity index (χ0v) is 22.3. The van der Waals surface area contributed by atoms with Gasteiger partial charge in [0.2, 0.25) is 11.7 Å². The SMILES string of the molecule is CCCc1ccc(CCc2ccc(-c3noc([C@@H]4CCCN4C(=O)OC(C)(C)C)n3)cc2C(F)(F)F)cc1. The molecular formula is C29H34F3N3O3. The van der Waals surface area contributed by atoms with Crippen molar-refractivity contribution in [2.45, 2.75) is 84.0 Å². The van der Waals surface area contributed by atoms with Crippen LogP contribution >= 0.6 is 0 Å². The van der Waals surface area contributed by atoms with Crippen LogP contribution in [0.3, 0.4) is 0 Å². The minimum absolute atomic E-state index is 0.0552. The van der Waals surface area contributed by atoms with Gasteiger partial charge in [-0.2, -0.15) is 18.2 Å². The van der Waals surface area contributed by atoms with E-state index in [2.05, 4.69) is 17.1 Å². The van der Waals surface area contributed by atoms with E-state index in [9.17, 15) is 18.0 Å². The number of hydrogen-bond acceptors (Lipinski definition) is 5. The molecule has 204 valence electrons. The Kier molecular flexibility index (Phi) is 8.13. The fourth-order valence-corrected chi connectivity index (χ4v) is 4.69. The first-order valence-electron chi connectivity index (χ1n) is 13.1. The Bertz CT molecular complexity index is 1250. The van der Waals surface area contributed by atoms with E-state index in [1.807, 2.05) is 24.3 Å². The third-order valence-electron chi connectivity index (χ3n) is 6.53. The third-order valence-corrected chi connectivity index (χ3v) is 6.53. The average Bonchev–Trinajstić information content (AvgIpc) is 3.52. The van der Waals surface area contributed by atoms with Crippen molar-refractivity contribution in [2.75, 3.05) is 6.54 Å². The molecule has 0 bridgehead atoms. The molecule has 0 N–H and O–H groups in total. The molecule has 1 saturated heterocycles. The largest absolute Gasteiger partial charge is 0.444 e. The van der Waals surface area contributed by atoms with Gasteiger partial charge in [-0.05, 0) is 75.6 Å². The summed E-state index contributed by atoms with van der Waals surface area (Å²) in [6.07, 6.45) is -0.882. The van der Waals surface area contributed by atoms with Crippen LogP contribution in [0.15, 0.2) is 47.0 Å². The summed E-state index contributed by atoms with van der Waals surface area (Å²) in [6.45, 7) is 7.94. The molecule has 0 unspecified atom stereocenters. The Hall–Kier alpha value is -3.36. The summed E-state index contributed by atoms with van der Waals surface area (Å²) in [7, 11) is 0. The first-order chi connectivity index (χ1) is 17.9. The lowest BCUT2D eigenvalue weighted by molar-refractivity contribution is -0.138. The van der Waals surface area contributed by atoms with Crippen molar-refractivity contribution >= 4 is 6.09 Å². The summed E-state index contributed by atoms with van der Waals surface area (Å²) >= 11 is 0. The number of benzene rings is 2. The van der Waals surface area contributed by atoms with Crippen LogP contribution < -0.4 is 0 Å². The molecule has 1 fully saturated rings. The second kappa shape index (κ2) is 11.2. The lowest BCUT2D eigenvalue weighted by atomic mass is 9.96. The van der Waals surface area contributed by atoms with Gasteiger partial charge in [0.25, 0.3) is 0 Å². The van der Waals surface area contributed by atoms with Crippen molar-refractivity contribution in [2.24, 2.45) is 0 Å². The van der Waals surface area contributed by atoms with Gasteiger partial charge in [-0.3, -0.25) is 4.90 Å². The lowest BCUT2D eigenvalue weighted by Crippen LogP contribution is -2.36. The Morgan fingerprint density at radius 1 is 1.05 bits per heavy atom. The molecule has 9 heteroatoms. The molecule has 4 rings (SSSR count). The highest BCUT2D eigenvalue weighted by Gasteiger charge is 2.37. The highest BCUT2D eigenvalue weighted by molar-refractivity contribution is 5.69. The molecule has 1 amide bonds. The number of alkyl halides is 3. The number of carbonyl (C=O) groups is 1. The molecule has 0 spiro atoms. The average molecular weight is 530 g/mol. The smallest absolute Gasteiger partial charge is 0.416 e. The number of rotatable bonds is 7. The molecule has 0 aliphatic carbocycles. The van der Waals surface area contributed by atoms with Crippen molar-refractivity contribution in [1.82, 2.24) is 15.0 Å². The summed E-state index contributed by atoms with van der Waals surface area (Å²) < 4.78 is 52.9. The molecule has 2 aromatic carbocycles. The predicted molar refractivity (Wildman–Crippen MR) is 137 cm³/mol. The molecule has 1 atom stereocenters. The fourth-order valence-electron chi connectivity index (χ4n) is 4.69. The van der Waals surface area contributed by atoms with Crippen LogP contribution in [0.5, 0.6) is 0 Å². The van der Waals surface area contributed by atoms with Crippen LogP contribution in [0.2, 0.25) is 0 Å². The van der Waals surface area contributed by atoms with E-state index in [1.165, 1.54) is 16.5 Å². The van der Waals surface area contributed by atoms with Crippen molar-refractivity contribution in [3.05, 3.63) is 70.6 Å². The molecule has 1 aliphatic rings. The minimum Gasteiger partial charge on any atom is -0.444 e. The van der Waals surface area contributed by atoms with Crippen LogP contribution in [0.25, 0.3) is 11.4 Å². The van der Waals surface area contributed by atoms with E-state index in [4.69, 9.17) is 9.26 Å². The van der Waals surface area contributed by atoms with Gasteiger partial charge in [0.15, 0.2) is 0 Å². The van der Waals surface area contributed by atoms with E-state index in [0.29, 0.717) is 19.4 Å². The topological polar surface area (TPSA) is 68.5 Å². The van der Waals surface area contributed by atoms with Gasteiger partial charge in [0, 0.05) is 12.1 Å². The maximum absolute atomic E-state index is 14.0. The van der Waals surface area contributed by atoms with Crippen LogP contribution in [0.1, 0.15) is 81.1 Å². The minimum atomic E-state index is -4.53. The van der Waals surface area contributed by atoms with Crippen molar-refractivity contribution < 1.29 is 27.2 Å². The number of likely N-dealkylation sites (tertiary alicyclic amines) is 1. The van der Waals surface area contributed by atoms with Crippen molar-refractivity contribution in [3.8, 4) is 11.4 Å². The second-order valence-electron chi connectivity index (χ2n) is 10.7. The second-order valence-corrected chi connectivity index (χ2v) is 10.7. The molecule has 2 heterocycles. The molecule has 3 aromatic rings. The zero-order valence-electron chi connectivity index (χ0n) is 22.3. The lowest BCUT2D eigenvalue weighted by Gasteiger charge is -2.26. The van der Waals surface area contributed by atoms with Crippen LogP contribution in [0, 0.1) is 0 Å². The number of aromatic nitrogens is 2. The van der Waals surface area contributed by atoms with Gasteiger partial charge in [0.05, 0.1) is 5.56 Å². The van der Waals surface area contributed by atoms with Crippen LogP contribution in [-0.4, -0.2) is 33.3 Å². The zero-order chi connectivity index (χ0) is 27.5. The highest BCUT2D eigenvalue weighted by Crippen LogP contribution is 2.37. The summed E-state index contributed by atoms with van der Waals surface area (Å²) in [5.74, 6) is 0.243. The van der Waals surface area contributed by atoms with Crippen LogP contribution in [0.4, 0.5) is 18.0 Å².